The minimum Gasteiger partial charge on any atom is -0.392 e. The maximum atomic E-state index is 10.6. The van der Waals surface area contributed by atoms with Crippen LogP contribution in [0.15, 0.2) is 0 Å². The minimum absolute atomic E-state index is 0.157. The smallest absolute Gasteiger partial charge is 0.392 e. The van der Waals surface area contributed by atoms with Crippen molar-refractivity contribution in [2.24, 2.45) is 0 Å². The molecule has 0 amide bonds. The first-order chi connectivity index (χ1) is 14.5. The molecule has 10 N–H and O–H groups in total. The van der Waals surface area contributed by atoms with Crippen LogP contribution in [0.1, 0.15) is 0 Å². The molecule has 2 fully saturated rings. The number of halogens is 1. The molecule has 0 saturated carbocycles. The quantitative estimate of drug-likeness (QED) is 0.0827. The van der Waals surface area contributed by atoms with Crippen LogP contribution in [-0.2, 0) is 44.1 Å². The number of fused-ring (bicyclic) bond motifs is 1. The van der Waals surface area contributed by atoms with Crippen LogP contribution in [0.4, 0.5) is 0 Å². The molecule has 0 spiro atoms. The zero-order valence-electron chi connectivity index (χ0n) is 15.6. The summed E-state index contributed by atoms with van der Waals surface area (Å²) < 4.78 is 0.157. The van der Waals surface area contributed by atoms with Crippen molar-refractivity contribution in [3.63, 3.8) is 0 Å². The molecular weight excluding hydrogens is 587 g/mol. The number of hydrogen-bond donors (Lipinski definition) is 10. The number of nitrogens with one attached hydrogen (secondary N) is 1. The molecule has 0 aromatic heterocycles. The van der Waals surface area contributed by atoms with Crippen molar-refractivity contribution < 1.29 is 116 Å². The zero-order chi connectivity index (χ0) is 24.6. The fourth-order valence-corrected chi connectivity index (χ4v) is 2.20. The average Bonchev–Trinajstić information content (AvgIpc) is 2.60. The molecule has 5 atom stereocenters. The van der Waals surface area contributed by atoms with Crippen molar-refractivity contribution in [1.82, 2.24) is 14.3 Å². The summed E-state index contributed by atoms with van der Waals surface area (Å²) in [6, 6.07) is 0. The molecule has 0 aromatic rings. The molecule has 2 rings (SSSR count). The molecule has 2 aliphatic heterocycles. The van der Waals surface area contributed by atoms with E-state index in [1.807, 2.05) is 0 Å². The SMILES string of the molecule is CO[N+]1(O)O[N+](O)(O)C2O[N+](O)(O)OC(CO)N(O)ONON(I)O[N+](C)(O)O[N+]2(O)O1. The van der Waals surface area contributed by atoms with Crippen LogP contribution in [0.2, 0.25) is 0 Å². The van der Waals surface area contributed by atoms with Gasteiger partial charge in [-0.25, -0.2) is 0 Å². The van der Waals surface area contributed by atoms with Crippen molar-refractivity contribution >= 4 is 22.9 Å². The van der Waals surface area contributed by atoms with Crippen molar-refractivity contribution in [2.45, 2.75) is 12.6 Å². The third-order valence-electron chi connectivity index (χ3n) is 2.86. The molecule has 0 aromatic carbocycles. The van der Waals surface area contributed by atoms with E-state index in [4.69, 9.17) is 0 Å². The lowest BCUT2D eigenvalue weighted by Gasteiger charge is -2.35. The Morgan fingerprint density at radius 1 is 1.00 bits per heavy atom. The summed E-state index contributed by atoms with van der Waals surface area (Å²) in [6.45, 7) is -1.27. The van der Waals surface area contributed by atoms with Crippen molar-refractivity contribution in [1.29, 1.82) is 0 Å². The maximum Gasteiger partial charge on any atom is 0.589 e. The van der Waals surface area contributed by atoms with Gasteiger partial charge in [0.05, 0.1) is 32.9 Å². The summed E-state index contributed by atoms with van der Waals surface area (Å²) in [6.07, 6.45) is -5.53. The Balaban J connectivity index is 2.50. The maximum absolute atomic E-state index is 10.6. The Morgan fingerprint density at radius 2 is 1.62 bits per heavy atom. The summed E-state index contributed by atoms with van der Waals surface area (Å²) in [5.41, 5.74) is 1.49. The van der Waals surface area contributed by atoms with Gasteiger partial charge in [0.2, 0.25) is 0 Å². The summed E-state index contributed by atoms with van der Waals surface area (Å²) in [4.78, 5) is 30.2. The summed E-state index contributed by atoms with van der Waals surface area (Å²) in [5, 5.41) is 82.4. The first-order valence-corrected chi connectivity index (χ1v) is 8.34. The lowest BCUT2D eigenvalue weighted by atomic mass is 10.6. The van der Waals surface area contributed by atoms with E-state index in [9.17, 15) is 46.8 Å². The number of rotatable bonds is 2. The van der Waals surface area contributed by atoms with Gasteiger partial charge in [-0.3, -0.25) is 5.21 Å². The molecule has 2 heterocycles. The number of hydroxylamine groups is 11. The normalized spacial score (nSPS) is 42.8. The van der Waals surface area contributed by atoms with Gasteiger partial charge in [0.15, 0.2) is 26.8 Å². The third-order valence-corrected chi connectivity index (χ3v) is 3.23. The second-order valence-electron chi connectivity index (χ2n) is 5.38. The number of nitrogens with zero attached hydrogens (tertiary/aromatic N) is 7. The number of quaternary nitrogens is 5. The van der Waals surface area contributed by atoms with Crippen molar-refractivity contribution in [2.75, 3.05) is 20.8 Å². The number of aliphatic hydroxyl groups excluding tert-OH is 1. The Kier molecular flexibility index (Phi) is 8.51. The van der Waals surface area contributed by atoms with Crippen LogP contribution < -0.4 is 5.64 Å². The molecule has 0 radical (unpaired) electrons. The summed E-state index contributed by atoms with van der Waals surface area (Å²) in [5.74, 6) is 0. The van der Waals surface area contributed by atoms with E-state index in [-0.39, 0.29) is 3.44 Å². The second-order valence-corrected chi connectivity index (χ2v) is 6.17. The molecule has 0 aliphatic carbocycles. The van der Waals surface area contributed by atoms with E-state index in [0.717, 1.165) is 22.9 Å². The predicted octanol–water partition coefficient (Wildman–Crippen LogP) is -3.51. The largest absolute Gasteiger partial charge is 0.589 e. The van der Waals surface area contributed by atoms with Gasteiger partial charge in [0, 0.05) is 9.78 Å². The monoisotopic (exact) mass is 607 g/mol. The van der Waals surface area contributed by atoms with E-state index in [2.05, 4.69) is 44.1 Å². The van der Waals surface area contributed by atoms with Gasteiger partial charge in [-0.2, -0.15) is 4.94 Å². The van der Waals surface area contributed by atoms with E-state index >= 15 is 0 Å². The van der Waals surface area contributed by atoms with Crippen LogP contribution in [0.5, 0.6) is 0 Å². The molecule has 32 heavy (non-hydrogen) atoms. The molecule has 2 aliphatic rings. The van der Waals surface area contributed by atoms with Gasteiger partial charge in [0.1, 0.15) is 7.11 Å². The molecule has 27 heteroatoms. The number of hydrogen-bond acceptors (Lipinski definition) is 21. The van der Waals surface area contributed by atoms with Crippen LogP contribution in [0.3, 0.4) is 0 Å². The highest BCUT2D eigenvalue weighted by Gasteiger charge is 2.85. The van der Waals surface area contributed by atoms with Crippen LogP contribution in [-0.4, -0.2) is 114 Å². The van der Waals surface area contributed by atoms with Gasteiger partial charge in [-0.05, 0) is 10.9 Å². The Labute approximate surface area is 187 Å². The highest BCUT2D eigenvalue weighted by atomic mass is 127. The van der Waals surface area contributed by atoms with Crippen LogP contribution in [0, 0.1) is 0 Å². The predicted molar refractivity (Wildman–Crippen MR) is 72.7 cm³/mol. The standard InChI is InChI=1S/C5H20IN8O18/c1-10(17)29-9(6)28-7-27-8(16)4(3-15)25-13(21,22)26-5-11(18,19)31-14(23,24-2)32-12(5,20)30-10/h4-5,7,15-23H,3H2,1-2H3/q+5. The molecule has 2 saturated heterocycles. The average molecular weight is 607 g/mol. The lowest BCUT2D eigenvalue weighted by Crippen LogP contribution is -2.81. The second kappa shape index (κ2) is 9.74. The van der Waals surface area contributed by atoms with Crippen LogP contribution in [0.25, 0.3) is 0 Å². The highest BCUT2D eigenvalue weighted by molar-refractivity contribution is 14.1. The van der Waals surface area contributed by atoms with Gasteiger partial charge in [0.25, 0.3) is 16.3 Å². The van der Waals surface area contributed by atoms with Gasteiger partial charge < -0.3 is 5.11 Å². The summed E-state index contributed by atoms with van der Waals surface area (Å²) >= 11 is 1.16. The summed E-state index contributed by atoms with van der Waals surface area (Å²) in [7, 11) is 1.18. The third kappa shape index (κ3) is 6.86. The van der Waals surface area contributed by atoms with E-state index in [1.165, 1.54) is 5.64 Å². The molecule has 0 bridgehead atoms. The number of aliphatic hydroxyl groups is 1. The molecule has 5 unspecified atom stereocenters. The van der Waals surface area contributed by atoms with Crippen LogP contribution >= 0.6 is 22.9 Å². The minimum atomic E-state index is -3.33. The first-order valence-electron chi connectivity index (χ1n) is 7.38. The van der Waals surface area contributed by atoms with E-state index < -0.39 is 49.6 Å². The lowest BCUT2D eigenvalue weighted by molar-refractivity contribution is -1.80. The van der Waals surface area contributed by atoms with E-state index in [1.54, 1.807) is 0 Å². The van der Waals surface area contributed by atoms with Gasteiger partial charge in [-0.15, -0.1) is 41.4 Å². The topological polar surface area (TPSA) is 284 Å². The first kappa shape index (κ1) is 27.9. The van der Waals surface area contributed by atoms with Gasteiger partial charge in [-0.1, -0.05) is 9.68 Å². The zero-order valence-corrected chi connectivity index (χ0v) is 17.7. The Hall–Kier alpha value is -0.310. The highest BCUT2D eigenvalue weighted by Crippen LogP contribution is 2.36. The van der Waals surface area contributed by atoms with Crippen molar-refractivity contribution in [3.05, 3.63) is 0 Å². The fourth-order valence-electron chi connectivity index (χ4n) is 1.79. The molecule has 190 valence electrons. The Bertz CT molecular complexity index is 644. The van der Waals surface area contributed by atoms with Gasteiger partial charge >= 0.3 is 16.5 Å². The van der Waals surface area contributed by atoms with E-state index in [0.29, 0.717) is 14.2 Å². The molecule has 26 nitrogen and oxygen atoms in total. The molecular formula is C5H20IN8O18+5. The Morgan fingerprint density at radius 3 is 2.19 bits per heavy atom. The van der Waals surface area contributed by atoms with Crippen molar-refractivity contribution in [3.8, 4) is 0 Å². The fraction of sp³-hybridized carbons (Fsp3) is 1.00.